The van der Waals surface area contributed by atoms with Gasteiger partial charge in [0.15, 0.2) is 11.5 Å². The lowest BCUT2D eigenvalue weighted by molar-refractivity contribution is 0.0689. The molecule has 1 fully saturated rings. The number of benzene rings is 1. The Labute approximate surface area is 169 Å². The maximum atomic E-state index is 12.9. The number of hydrogen-bond acceptors (Lipinski definition) is 5. The fourth-order valence-electron chi connectivity index (χ4n) is 3.98. The van der Waals surface area contributed by atoms with Crippen LogP contribution in [0.25, 0.3) is 0 Å². The van der Waals surface area contributed by atoms with Crippen LogP contribution in [0.3, 0.4) is 0 Å². The highest BCUT2D eigenvalue weighted by Crippen LogP contribution is 2.32. The Bertz CT molecular complexity index is 915. The fourth-order valence-corrected chi connectivity index (χ4v) is 3.98. The van der Waals surface area contributed by atoms with Crippen molar-refractivity contribution in [2.75, 3.05) is 33.4 Å². The quantitative estimate of drug-likeness (QED) is 0.846. The number of amides is 2. The maximum absolute atomic E-state index is 12.9. The minimum atomic E-state index is -0.112. The lowest BCUT2D eigenvalue weighted by atomic mass is 9.91. The van der Waals surface area contributed by atoms with Gasteiger partial charge in [-0.25, -0.2) is 0 Å². The second-order valence-electron chi connectivity index (χ2n) is 7.54. The summed E-state index contributed by atoms with van der Waals surface area (Å²) >= 11 is 0. The third kappa shape index (κ3) is 4.06. The second-order valence-corrected chi connectivity index (χ2v) is 7.54. The van der Waals surface area contributed by atoms with E-state index in [4.69, 9.17) is 9.47 Å². The Morgan fingerprint density at radius 3 is 2.62 bits per heavy atom. The van der Waals surface area contributed by atoms with Crippen LogP contribution < -0.4 is 14.8 Å². The zero-order valence-electron chi connectivity index (χ0n) is 16.8. The molecule has 154 valence electrons. The van der Waals surface area contributed by atoms with Gasteiger partial charge >= 0.3 is 0 Å². The second kappa shape index (κ2) is 8.14. The third-order valence-corrected chi connectivity index (χ3v) is 5.55. The van der Waals surface area contributed by atoms with E-state index in [9.17, 15) is 9.59 Å². The van der Waals surface area contributed by atoms with Crippen LogP contribution in [0.4, 0.5) is 0 Å². The van der Waals surface area contributed by atoms with E-state index in [-0.39, 0.29) is 11.8 Å². The first kappa shape index (κ1) is 19.3. The average molecular weight is 398 g/mol. The van der Waals surface area contributed by atoms with Crippen molar-refractivity contribution in [1.82, 2.24) is 20.0 Å². The molecule has 2 amide bonds. The molecule has 1 aromatic heterocycles. The number of carbonyl (C=O) groups excluding carboxylic acids is 2. The van der Waals surface area contributed by atoms with Crippen molar-refractivity contribution in [2.24, 2.45) is 13.0 Å². The molecule has 3 heterocycles. The average Bonchev–Trinajstić information content (AvgIpc) is 3.12. The minimum absolute atomic E-state index is 0.0179. The molecule has 0 atom stereocenters. The number of aryl methyl sites for hydroxylation is 1. The van der Waals surface area contributed by atoms with Gasteiger partial charge in [0.25, 0.3) is 11.8 Å². The number of rotatable bonds is 4. The van der Waals surface area contributed by atoms with Crippen LogP contribution in [0.2, 0.25) is 0 Å². The summed E-state index contributed by atoms with van der Waals surface area (Å²) in [5, 5.41) is 7.14. The third-order valence-electron chi connectivity index (χ3n) is 5.55. The van der Waals surface area contributed by atoms with Crippen LogP contribution in [-0.4, -0.2) is 59.8 Å². The van der Waals surface area contributed by atoms with Crippen LogP contribution in [0.15, 0.2) is 24.4 Å². The molecule has 0 unspecified atom stereocenters. The molecule has 0 radical (unpaired) electrons. The molecular weight excluding hydrogens is 372 g/mol. The zero-order valence-corrected chi connectivity index (χ0v) is 16.8. The molecule has 29 heavy (non-hydrogen) atoms. The molecular formula is C21H26N4O4. The molecule has 1 N–H and O–H groups in total. The summed E-state index contributed by atoms with van der Waals surface area (Å²) in [7, 11) is 3.45. The molecule has 2 aliphatic rings. The maximum Gasteiger partial charge on any atom is 0.254 e. The zero-order chi connectivity index (χ0) is 20.4. The molecule has 0 saturated carbocycles. The van der Waals surface area contributed by atoms with Crippen LogP contribution >= 0.6 is 0 Å². The van der Waals surface area contributed by atoms with E-state index in [0.29, 0.717) is 54.8 Å². The number of fused-ring (bicyclic) bond motifs is 1. The SMILES string of the molecule is CNC(=O)c1cn(C)nc1CC1CCN(C(=O)c2ccc3c(c2)OCCO3)CC1. The van der Waals surface area contributed by atoms with Gasteiger partial charge in [-0.15, -0.1) is 0 Å². The van der Waals surface area contributed by atoms with Gasteiger partial charge in [-0.1, -0.05) is 0 Å². The van der Waals surface area contributed by atoms with E-state index in [1.165, 1.54) is 0 Å². The predicted molar refractivity (Wildman–Crippen MR) is 106 cm³/mol. The van der Waals surface area contributed by atoms with Crippen LogP contribution in [0.1, 0.15) is 39.3 Å². The van der Waals surface area contributed by atoms with Gasteiger partial charge in [-0.05, 0) is 43.4 Å². The number of likely N-dealkylation sites (tertiary alicyclic amines) is 1. The molecule has 2 aromatic rings. The van der Waals surface area contributed by atoms with Crippen molar-refractivity contribution in [3.8, 4) is 11.5 Å². The van der Waals surface area contributed by atoms with Crippen molar-refractivity contribution in [1.29, 1.82) is 0 Å². The lowest BCUT2D eigenvalue weighted by Gasteiger charge is -2.32. The first-order chi connectivity index (χ1) is 14.0. The van der Waals surface area contributed by atoms with Gasteiger partial charge in [0, 0.05) is 38.9 Å². The Hall–Kier alpha value is -3.03. The van der Waals surface area contributed by atoms with Crippen LogP contribution in [-0.2, 0) is 13.5 Å². The van der Waals surface area contributed by atoms with Crippen LogP contribution in [0, 0.1) is 5.92 Å². The number of ether oxygens (including phenoxy) is 2. The number of carbonyl (C=O) groups is 2. The van der Waals surface area contributed by atoms with E-state index in [1.54, 1.807) is 36.1 Å². The smallest absolute Gasteiger partial charge is 0.254 e. The molecule has 4 rings (SSSR count). The van der Waals surface area contributed by atoms with E-state index in [2.05, 4.69) is 10.4 Å². The van der Waals surface area contributed by atoms with Gasteiger partial charge in [0.05, 0.1) is 11.3 Å². The van der Waals surface area contributed by atoms with Gasteiger partial charge in [-0.2, -0.15) is 5.10 Å². The van der Waals surface area contributed by atoms with E-state index in [0.717, 1.165) is 25.0 Å². The number of aromatic nitrogens is 2. The monoisotopic (exact) mass is 398 g/mol. The van der Waals surface area contributed by atoms with Crippen LogP contribution in [0.5, 0.6) is 11.5 Å². The summed E-state index contributed by atoms with van der Waals surface area (Å²) in [6, 6.07) is 5.37. The van der Waals surface area contributed by atoms with Crippen molar-refractivity contribution >= 4 is 11.8 Å². The summed E-state index contributed by atoms with van der Waals surface area (Å²) in [5.74, 6) is 1.63. The summed E-state index contributed by atoms with van der Waals surface area (Å²) < 4.78 is 12.8. The molecule has 8 nitrogen and oxygen atoms in total. The van der Waals surface area contributed by atoms with Crippen molar-refractivity contribution in [2.45, 2.75) is 19.3 Å². The molecule has 1 aromatic carbocycles. The van der Waals surface area contributed by atoms with Gasteiger partial charge < -0.3 is 19.7 Å². The fraction of sp³-hybridized carbons (Fsp3) is 0.476. The Morgan fingerprint density at radius 2 is 1.90 bits per heavy atom. The highest BCUT2D eigenvalue weighted by molar-refractivity contribution is 5.95. The summed E-state index contributed by atoms with van der Waals surface area (Å²) in [6.07, 6.45) is 4.28. The highest BCUT2D eigenvalue weighted by Gasteiger charge is 2.27. The lowest BCUT2D eigenvalue weighted by Crippen LogP contribution is -2.39. The predicted octanol–water partition coefficient (Wildman–Crippen LogP) is 1.65. The summed E-state index contributed by atoms with van der Waals surface area (Å²) in [4.78, 5) is 26.8. The molecule has 0 bridgehead atoms. The van der Waals surface area contributed by atoms with E-state index < -0.39 is 0 Å². The molecule has 0 aliphatic carbocycles. The number of piperidine rings is 1. The number of hydrogen-bond donors (Lipinski definition) is 1. The van der Waals surface area contributed by atoms with Crippen molar-refractivity contribution in [3.05, 3.63) is 41.2 Å². The first-order valence-corrected chi connectivity index (χ1v) is 9.98. The largest absolute Gasteiger partial charge is 0.486 e. The van der Waals surface area contributed by atoms with E-state index in [1.807, 2.05) is 11.9 Å². The van der Waals surface area contributed by atoms with Crippen molar-refractivity contribution < 1.29 is 19.1 Å². The van der Waals surface area contributed by atoms with Crippen molar-refractivity contribution in [3.63, 3.8) is 0 Å². The Morgan fingerprint density at radius 1 is 1.17 bits per heavy atom. The summed E-state index contributed by atoms with van der Waals surface area (Å²) in [6.45, 7) is 2.42. The molecule has 8 heteroatoms. The minimum Gasteiger partial charge on any atom is -0.486 e. The topological polar surface area (TPSA) is 85.7 Å². The summed E-state index contributed by atoms with van der Waals surface area (Å²) in [5.41, 5.74) is 2.08. The van der Waals surface area contributed by atoms with Gasteiger partial charge in [-0.3, -0.25) is 14.3 Å². The highest BCUT2D eigenvalue weighted by atomic mass is 16.6. The molecule has 0 spiro atoms. The normalized spacial score (nSPS) is 16.6. The Balaban J connectivity index is 1.37. The molecule has 1 saturated heterocycles. The molecule has 2 aliphatic heterocycles. The number of nitrogens with zero attached hydrogens (tertiary/aromatic N) is 3. The van der Waals surface area contributed by atoms with E-state index >= 15 is 0 Å². The van der Waals surface area contributed by atoms with Gasteiger partial charge in [0.2, 0.25) is 0 Å². The standard InChI is InChI=1S/C21H26N4O4/c1-22-20(26)16-13-24(2)23-17(16)11-14-5-7-25(8-6-14)21(27)15-3-4-18-19(12-15)29-10-9-28-18/h3-4,12-14H,5-11H2,1-2H3,(H,22,26). The number of nitrogens with one attached hydrogen (secondary N) is 1. The first-order valence-electron chi connectivity index (χ1n) is 9.98. The Kier molecular flexibility index (Phi) is 5.42. The van der Waals surface area contributed by atoms with Gasteiger partial charge in [0.1, 0.15) is 13.2 Å².